The number of thioether (sulfide) groups is 1. The minimum Gasteiger partial charge on any atom is -0.350 e. The van der Waals surface area contributed by atoms with Crippen molar-refractivity contribution in [3.05, 3.63) is 113 Å². The maximum atomic E-state index is 13.8. The Morgan fingerprint density at radius 3 is 2.38 bits per heavy atom. The summed E-state index contributed by atoms with van der Waals surface area (Å²) in [4.78, 5) is 28.9. The molecule has 0 bridgehead atoms. The van der Waals surface area contributed by atoms with Crippen molar-refractivity contribution in [3.63, 3.8) is 0 Å². The minimum atomic E-state index is -0.884. The van der Waals surface area contributed by atoms with Crippen molar-refractivity contribution < 1.29 is 14.0 Å². The number of halogens is 1. The van der Waals surface area contributed by atoms with Gasteiger partial charge in [0, 0.05) is 18.7 Å². The average Bonchev–Trinajstić information content (AvgIpc) is 3.15. The average molecular weight is 515 g/mol. The third kappa shape index (κ3) is 5.29. The number of aromatic nitrogens is 2. The van der Waals surface area contributed by atoms with E-state index >= 15 is 0 Å². The van der Waals surface area contributed by atoms with Crippen LogP contribution in [0.15, 0.2) is 83.9 Å². The van der Waals surface area contributed by atoms with Gasteiger partial charge in [-0.2, -0.15) is 5.10 Å². The molecule has 2 heterocycles. The maximum Gasteiger partial charge on any atom is 0.247 e. The molecular weight excluding hydrogens is 487 g/mol. The molecule has 0 radical (unpaired) electrons. The van der Waals surface area contributed by atoms with Gasteiger partial charge in [-0.05, 0) is 49.2 Å². The number of para-hydroxylation sites is 1. The highest BCUT2D eigenvalue weighted by atomic mass is 32.2. The Morgan fingerprint density at radius 1 is 1.00 bits per heavy atom. The van der Waals surface area contributed by atoms with Crippen molar-refractivity contribution in [2.75, 3.05) is 5.75 Å². The van der Waals surface area contributed by atoms with Gasteiger partial charge in [0.05, 0.1) is 17.1 Å². The predicted molar refractivity (Wildman–Crippen MR) is 142 cm³/mol. The number of hydrogen-bond donors (Lipinski definition) is 1. The highest BCUT2D eigenvalue weighted by Gasteiger charge is 2.39. The predicted octanol–water partition coefficient (Wildman–Crippen LogP) is 5.12. The molecule has 2 amide bonds. The number of benzene rings is 3. The number of carbonyl (C=O) groups is 2. The van der Waals surface area contributed by atoms with Crippen LogP contribution in [0.5, 0.6) is 0 Å². The molecule has 1 atom stereocenters. The van der Waals surface area contributed by atoms with Crippen LogP contribution in [0.4, 0.5) is 4.39 Å². The van der Waals surface area contributed by atoms with Gasteiger partial charge in [0.1, 0.15) is 16.9 Å². The van der Waals surface area contributed by atoms with E-state index in [2.05, 4.69) is 5.32 Å². The van der Waals surface area contributed by atoms with Crippen molar-refractivity contribution in [2.45, 2.75) is 38.0 Å². The van der Waals surface area contributed by atoms with Crippen LogP contribution >= 0.6 is 11.8 Å². The van der Waals surface area contributed by atoms with Gasteiger partial charge in [-0.1, -0.05) is 71.9 Å². The van der Waals surface area contributed by atoms with Gasteiger partial charge >= 0.3 is 0 Å². The number of nitrogens with zero attached hydrogens (tertiary/aromatic N) is 3. The second-order valence-electron chi connectivity index (χ2n) is 9.09. The lowest BCUT2D eigenvalue weighted by Crippen LogP contribution is -2.43. The first-order valence-electron chi connectivity index (χ1n) is 12.1. The van der Waals surface area contributed by atoms with E-state index in [0.29, 0.717) is 17.8 Å². The summed E-state index contributed by atoms with van der Waals surface area (Å²) >= 11 is 1.38. The van der Waals surface area contributed by atoms with Crippen LogP contribution in [-0.2, 0) is 22.7 Å². The number of hydrogen-bond acceptors (Lipinski definition) is 4. The first kappa shape index (κ1) is 24.8. The SMILES string of the molecule is Cc1ccc(CNC(=O)C2c3c(C)nn(-c4ccccc4)c3SCC(=O)N2Cc2ccc(F)cc2)cc1. The van der Waals surface area contributed by atoms with Crippen LogP contribution in [0.2, 0.25) is 0 Å². The molecule has 188 valence electrons. The summed E-state index contributed by atoms with van der Waals surface area (Å²) in [5.41, 5.74) is 5.10. The first-order chi connectivity index (χ1) is 17.9. The Morgan fingerprint density at radius 2 is 1.68 bits per heavy atom. The Balaban J connectivity index is 1.55. The Hall–Kier alpha value is -3.91. The van der Waals surface area contributed by atoms with Gasteiger partial charge in [-0.25, -0.2) is 9.07 Å². The molecule has 37 heavy (non-hydrogen) atoms. The van der Waals surface area contributed by atoms with Gasteiger partial charge < -0.3 is 10.2 Å². The van der Waals surface area contributed by atoms with E-state index < -0.39 is 6.04 Å². The smallest absolute Gasteiger partial charge is 0.247 e. The van der Waals surface area contributed by atoms with Gasteiger partial charge in [0.2, 0.25) is 11.8 Å². The monoisotopic (exact) mass is 514 g/mol. The molecule has 1 aliphatic heterocycles. The third-order valence-corrected chi connectivity index (χ3v) is 7.46. The molecule has 5 rings (SSSR count). The molecule has 1 aliphatic rings. The Labute approximate surface area is 219 Å². The van der Waals surface area contributed by atoms with E-state index in [1.807, 2.05) is 73.1 Å². The zero-order valence-corrected chi connectivity index (χ0v) is 21.5. The van der Waals surface area contributed by atoms with Gasteiger partial charge in [-0.15, -0.1) is 0 Å². The van der Waals surface area contributed by atoms with E-state index in [0.717, 1.165) is 27.4 Å². The van der Waals surface area contributed by atoms with E-state index in [1.54, 1.807) is 17.0 Å². The molecule has 0 saturated heterocycles. The number of nitrogens with one attached hydrogen (secondary N) is 1. The minimum absolute atomic E-state index is 0.161. The van der Waals surface area contributed by atoms with Crippen LogP contribution in [-0.4, -0.2) is 32.2 Å². The highest BCUT2D eigenvalue weighted by Crippen LogP contribution is 2.39. The zero-order chi connectivity index (χ0) is 25.9. The second kappa shape index (κ2) is 10.6. The van der Waals surface area contributed by atoms with E-state index in [4.69, 9.17) is 5.10 Å². The number of fused-ring (bicyclic) bond motifs is 1. The van der Waals surface area contributed by atoms with Crippen LogP contribution in [0.25, 0.3) is 5.69 Å². The van der Waals surface area contributed by atoms with Crippen molar-refractivity contribution >= 4 is 23.6 Å². The summed E-state index contributed by atoms with van der Waals surface area (Å²) in [5.74, 6) is -0.639. The summed E-state index contributed by atoms with van der Waals surface area (Å²) in [6, 6.07) is 22.8. The first-order valence-corrected chi connectivity index (χ1v) is 13.0. The molecule has 0 aliphatic carbocycles. The van der Waals surface area contributed by atoms with Crippen LogP contribution in [0.3, 0.4) is 0 Å². The fourth-order valence-electron chi connectivity index (χ4n) is 4.46. The molecule has 3 aromatic carbocycles. The fraction of sp³-hybridized carbons (Fsp3) is 0.207. The van der Waals surface area contributed by atoms with Gasteiger partial charge in [0.25, 0.3) is 0 Å². The van der Waals surface area contributed by atoms with Gasteiger partial charge in [0.15, 0.2) is 0 Å². The van der Waals surface area contributed by atoms with E-state index in [9.17, 15) is 14.0 Å². The molecule has 0 saturated carbocycles. The maximum absolute atomic E-state index is 13.8. The number of amides is 2. The summed E-state index contributed by atoms with van der Waals surface area (Å²) in [6.45, 7) is 4.39. The Bertz CT molecular complexity index is 1420. The molecule has 1 N–H and O–H groups in total. The zero-order valence-electron chi connectivity index (χ0n) is 20.6. The van der Waals surface area contributed by atoms with Gasteiger partial charge in [-0.3, -0.25) is 9.59 Å². The molecule has 6 nitrogen and oxygen atoms in total. The van der Waals surface area contributed by atoms with Crippen LogP contribution in [0.1, 0.15) is 34.0 Å². The summed E-state index contributed by atoms with van der Waals surface area (Å²) in [5, 5.41) is 8.58. The standard InChI is InChI=1S/C29H27FN4O2S/c1-19-8-10-21(11-9-19)16-31-28(36)27-26-20(2)32-34(24-6-4-3-5-7-24)29(26)37-18-25(35)33(27)17-22-12-14-23(30)15-13-22/h3-15,27H,16-18H2,1-2H3,(H,31,36). The van der Waals surface area contributed by atoms with Crippen LogP contribution in [0, 0.1) is 19.7 Å². The number of carbonyl (C=O) groups excluding carboxylic acids is 2. The summed E-state index contributed by atoms with van der Waals surface area (Å²) in [6.07, 6.45) is 0. The molecule has 1 aromatic heterocycles. The van der Waals surface area contributed by atoms with E-state index in [-0.39, 0.29) is 29.9 Å². The summed E-state index contributed by atoms with van der Waals surface area (Å²) in [7, 11) is 0. The van der Waals surface area contributed by atoms with Crippen LogP contribution < -0.4 is 5.32 Å². The quantitative estimate of drug-likeness (QED) is 0.388. The molecule has 8 heteroatoms. The Kier molecular flexibility index (Phi) is 7.10. The normalized spacial score (nSPS) is 15.3. The lowest BCUT2D eigenvalue weighted by atomic mass is 10.0. The fourth-order valence-corrected chi connectivity index (χ4v) is 5.57. The number of rotatable bonds is 6. The topological polar surface area (TPSA) is 67.2 Å². The summed E-state index contributed by atoms with van der Waals surface area (Å²) < 4.78 is 15.4. The lowest BCUT2D eigenvalue weighted by Gasteiger charge is -2.30. The largest absolute Gasteiger partial charge is 0.350 e. The van der Waals surface area contributed by atoms with Crippen molar-refractivity contribution in [3.8, 4) is 5.69 Å². The number of aryl methyl sites for hydroxylation is 2. The third-order valence-electron chi connectivity index (χ3n) is 6.40. The molecule has 0 fully saturated rings. The van der Waals surface area contributed by atoms with Crippen molar-refractivity contribution in [1.82, 2.24) is 20.0 Å². The second-order valence-corrected chi connectivity index (χ2v) is 10.1. The molecule has 0 spiro atoms. The highest BCUT2D eigenvalue weighted by molar-refractivity contribution is 8.00. The lowest BCUT2D eigenvalue weighted by molar-refractivity contribution is -0.139. The molecule has 1 unspecified atom stereocenters. The van der Waals surface area contributed by atoms with E-state index in [1.165, 1.54) is 23.9 Å². The molecular formula is C29H27FN4O2S. The van der Waals surface area contributed by atoms with Crippen molar-refractivity contribution in [2.24, 2.45) is 0 Å². The van der Waals surface area contributed by atoms with Crippen molar-refractivity contribution in [1.29, 1.82) is 0 Å². The molecule has 4 aromatic rings.